The molecule has 0 spiro atoms. The molecule has 20 heavy (non-hydrogen) atoms. The van der Waals surface area contributed by atoms with Crippen LogP contribution in [0, 0.1) is 13.8 Å². The SMILES string of the molecule is Cc1nc(C2CCN(C(=O)OC(C)(C)C)CC2)[nH]c1C. The van der Waals surface area contributed by atoms with E-state index in [1.54, 1.807) is 4.90 Å². The van der Waals surface area contributed by atoms with E-state index in [1.807, 2.05) is 34.6 Å². The fourth-order valence-corrected chi connectivity index (χ4v) is 2.43. The molecule has 1 saturated heterocycles. The molecule has 1 aliphatic rings. The summed E-state index contributed by atoms with van der Waals surface area (Å²) in [4.78, 5) is 21.7. The molecule has 0 unspecified atom stereocenters. The van der Waals surface area contributed by atoms with Crippen LogP contribution in [0.15, 0.2) is 0 Å². The van der Waals surface area contributed by atoms with Crippen LogP contribution < -0.4 is 0 Å². The molecule has 1 fully saturated rings. The largest absolute Gasteiger partial charge is 0.444 e. The van der Waals surface area contributed by atoms with Gasteiger partial charge in [-0.1, -0.05) is 0 Å². The van der Waals surface area contributed by atoms with Crippen LogP contribution in [0.25, 0.3) is 0 Å². The van der Waals surface area contributed by atoms with Gasteiger partial charge in [-0.15, -0.1) is 0 Å². The van der Waals surface area contributed by atoms with E-state index < -0.39 is 5.60 Å². The van der Waals surface area contributed by atoms with Crippen LogP contribution in [-0.2, 0) is 4.74 Å². The summed E-state index contributed by atoms with van der Waals surface area (Å²) in [7, 11) is 0. The highest BCUT2D eigenvalue weighted by Gasteiger charge is 2.28. The first kappa shape index (κ1) is 14.9. The molecule has 5 heteroatoms. The van der Waals surface area contributed by atoms with Gasteiger partial charge in [0, 0.05) is 24.7 Å². The molecular weight excluding hydrogens is 254 g/mol. The number of amides is 1. The molecule has 2 rings (SSSR count). The van der Waals surface area contributed by atoms with Crippen molar-refractivity contribution in [2.75, 3.05) is 13.1 Å². The number of piperidine rings is 1. The molecule has 2 heterocycles. The number of ether oxygens (including phenoxy) is 1. The van der Waals surface area contributed by atoms with Gasteiger partial charge in [0.25, 0.3) is 0 Å². The lowest BCUT2D eigenvalue weighted by Crippen LogP contribution is -2.41. The first-order chi connectivity index (χ1) is 9.26. The van der Waals surface area contributed by atoms with Crippen molar-refractivity contribution in [2.45, 2.75) is 59.0 Å². The third kappa shape index (κ3) is 3.52. The minimum Gasteiger partial charge on any atom is -0.444 e. The number of imidazole rings is 1. The summed E-state index contributed by atoms with van der Waals surface area (Å²) in [6.45, 7) is 11.2. The molecule has 0 radical (unpaired) electrons. The average Bonchev–Trinajstić information content (AvgIpc) is 2.68. The monoisotopic (exact) mass is 279 g/mol. The Morgan fingerprint density at radius 1 is 1.30 bits per heavy atom. The quantitative estimate of drug-likeness (QED) is 0.859. The Labute approximate surface area is 120 Å². The molecule has 1 aromatic heterocycles. The van der Waals surface area contributed by atoms with Crippen LogP contribution in [0.5, 0.6) is 0 Å². The zero-order valence-corrected chi connectivity index (χ0v) is 13.1. The van der Waals surface area contributed by atoms with Gasteiger partial charge in [-0.25, -0.2) is 9.78 Å². The van der Waals surface area contributed by atoms with Crippen LogP contribution in [0.2, 0.25) is 0 Å². The summed E-state index contributed by atoms with van der Waals surface area (Å²) < 4.78 is 5.40. The van der Waals surface area contributed by atoms with Gasteiger partial charge in [0.2, 0.25) is 0 Å². The molecular formula is C15H25N3O2. The van der Waals surface area contributed by atoms with Gasteiger partial charge in [0.05, 0.1) is 5.69 Å². The number of aryl methyl sites for hydroxylation is 2. The number of hydrogen-bond donors (Lipinski definition) is 1. The molecule has 0 aromatic carbocycles. The third-order valence-electron chi connectivity index (χ3n) is 3.68. The van der Waals surface area contributed by atoms with Gasteiger partial charge in [0.15, 0.2) is 0 Å². The number of nitrogens with one attached hydrogen (secondary N) is 1. The van der Waals surface area contributed by atoms with E-state index in [1.165, 1.54) is 0 Å². The summed E-state index contributed by atoms with van der Waals surface area (Å²) in [6.07, 6.45) is 1.67. The number of nitrogens with zero attached hydrogens (tertiary/aromatic N) is 2. The van der Waals surface area contributed by atoms with Crippen LogP contribution in [-0.4, -0.2) is 39.7 Å². The van der Waals surface area contributed by atoms with E-state index in [0.29, 0.717) is 5.92 Å². The summed E-state index contributed by atoms with van der Waals surface area (Å²) >= 11 is 0. The number of carbonyl (C=O) groups is 1. The second-order valence-corrected chi connectivity index (χ2v) is 6.57. The fourth-order valence-electron chi connectivity index (χ4n) is 2.43. The summed E-state index contributed by atoms with van der Waals surface area (Å²) in [5, 5.41) is 0. The minimum absolute atomic E-state index is 0.206. The fraction of sp³-hybridized carbons (Fsp3) is 0.733. The average molecular weight is 279 g/mol. The molecule has 0 aliphatic carbocycles. The lowest BCUT2D eigenvalue weighted by Gasteiger charge is -2.32. The van der Waals surface area contributed by atoms with Gasteiger partial charge in [0.1, 0.15) is 11.4 Å². The van der Waals surface area contributed by atoms with E-state index in [-0.39, 0.29) is 6.09 Å². The van der Waals surface area contributed by atoms with Gasteiger partial charge >= 0.3 is 6.09 Å². The highest BCUT2D eigenvalue weighted by atomic mass is 16.6. The topological polar surface area (TPSA) is 58.2 Å². The van der Waals surface area contributed by atoms with Crippen LogP contribution in [0.4, 0.5) is 4.79 Å². The number of aromatic nitrogens is 2. The number of likely N-dealkylation sites (tertiary alicyclic amines) is 1. The molecule has 1 aromatic rings. The van der Waals surface area contributed by atoms with Crippen molar-refractivity contribution in [2.24, 2.45) is 0 Å². The lowest BCUT2D eigenvalue weighted by molar-refractivity contribution is 0.0203. The molecule has 112 valence electrons. The first-order valence-electron chi connectivity index (χ1n) is 7.27. The maximum Gasteiger partial charge on any atom is 0.410 e. The molecule has 0 atom stereocenters. The van der Waals surface area contributed by atoms with E-state index >= 15 is 0 Å². The number of H-pyrrole nitrogens is 1. The van der Waals surface area contributed by atoms with Crippen molar-refractivity contribution >= 4 is 6.09 Å². The predicted octanol–water partition coefficient (Wildman–Crippen LogP) is 3.14. The molecule has 0 saturated carbocycles. The zero-order chi connectivity index (χ0) is 14.9. The zero-order valence-electron chi connectivity index (χ0n) is 13.1. The van der Waals surface area contributed by atoms with Crippen molar-refractivity contribution in [3.63, 3.8) is 0 Å². The molecule has 1 aliphatic heterocycles. The second kappa shape index (κ2) is 5.46. The highest BCUT2D eigenvalue weighted by Crippen LogP contribution is 2.27. The van der Waals surface area contributed by atoms with Crippen molar-refractivity contribution in [1.29, 1.82) is 0 Å². The van der Waals surface area contributed by atoms with Crippen molar-refractivity contribution in [1.82, 2.24) is 14.9 Å². The number of carbonyl (C=O) groups excluding carboxylic acids is 1. The highest BCUT2D eigenvalue weighted by molar-refractivity contribution is 5.68. The number of hydrogen-bond acceptors (Lipinski definition) is 3. The predicted molar refractivity (Wildman–Crippen MR) is 77.8 cm³/mol. The first-order valence-corrected chi connectivity index (χ1v) is 7.27. The minimum atomic E-state index is -0.427. The van der Waals surface area contributed by atoms with Gasteiger partial charge in [-0.3, -0.25) is 0 Å². The Kier molecular flexibility index (Phi) is 4.06. The van der Waals surface area contributed by atoms with E-state index in [2.05, 4.69) is 9.97 Å². The van der Waals surface area contributed by atoms with Crippen LogP contribution in [0.3, 0.4) is 0 Å². The normalized spacial score (nSPS) is 17.4. The maximum absolute atomic E-state index is 12.0. The number of aromatic amines is 1. The molecule has 5 nitrogen and oxygen atoms in total. The van der Waals surface area contributed by atoms with E-state index in [9.17, 15) is 4.79 Å². The second-order valence-electron chi connectivity index (χ2n) is 6.57. The summed E-state index contributed by atoms with van der Waals surface area (Å²) in [5.74, 6) is 1.48. The Balaban J connectivity index is 1.91. The van der Waals surface area contributed by atoms with Gasteiger partial charge < -0.3 is 14.6 Å². The van der Waals surface area contributed by atoms with E-state index in [4.69, 9.17) is 4.74 Å². The Morgan fingerprint density at radius 3 is 2.35 bits per heavy atom. The molecule has 1 amide bonds. The van der Waals surface area contributed by atoms with E-state index in [0.717, 1.165) is 43.1 Å². The van der Waals surface area contributed by atoms with Gasteiger partial charge in [-0.05, 0) is 47.5 Å². The van der Waals surface area contributed by atoms with Crippen molar-refractivity contribution in [3.8, 4) is 0 Å². The summed E-state index contributed by atoms with van der Waals surface area (Å²) in [5.41, 5.74) is 1.77. The van der Waals surface area contributed by atoms with Crippen LogP contribution in [0.1, 0.15) is 56.7 Å². The maximum atomic E-state index is 12.0. The Morgan fingerprint density at radius 2 is 1.90 bits per heavy atom. The summed E-state index contributed by atoms with van der Waals surface area (Å²) in [6, 6.07) is 0. The lowest BCUT2D eigenvalue weighted by atomic mass is 9.96. The van der Waals surface area contributed by atoms with Crippen molar-refractivity contribution in [3.05, 3.63) is 17.2 Å². The van der Waals surface area contributed by atoms with Crippen LogP contribution >= 0.6 is 0 Å². The van der Waals surface area contributed by atoms with Crippen molar-refractivity contribution < 1.29 is 9.53 Å². The van der Waals surface area contributed by atoms with Gasteiger partial charge in [-0.2, -0.15) is 0 Å². The Bertz CT molecular complexity index is 460. The standard InChI is InChI=1S/C15H25N3O2/c1-10-11(2)17-13(16-10)12-6-8-18(9-7-12)14(19)20-15(3,4)5/h12H,6-9H2,1-5H3,(H,16,17). The third-order valence-corrected chi connectivity index (χ3v) is 3.68. The smallest absolute Gasteiger partial charge is 0.410 e. The Hall–Kier alpha value is -1.52. The molecule has 1 N–H and O–H groups in total. The number of rotatable bonds is 1. The molecule has 0 bridgehead atoms.